The molecule has 1 aromatic rings. The van der Waals surface area contributed by atoms with Crippen LogP contribution in [0.5, 0.6) is 0 Å². The van der Waals surface area contributed by atoms with Crippen molar-refractivity contribution >= 4 is 5.91 Å². The van der Waals surface area contributed by atoms with Gasteiger partial charge in [-0.2, -0.15) is 0 Å². The van der Waals surface area contributed by atoms with Crippen LogP contribution < -0.4 is 0 Å². The molecule has 2 fully saturated rings. The Bertz CT molecular complexity index is 544. The second-order valence-corrected chi connectivity index (χ2v) is 7.32. The van der Waals surface area contributed by atoms with Crippen molar-refractivity contribution in [2.45, 2.75) is 57.5 Å². The first-order valence-electron chi connectivity index (χ1n) is 8.55. The zero-order valence-electron chi connectivity index (χ0n) is 13.7. The normalized spacial score (nSPS) is 35.9. The Morgan fingerprint density at radius 2 is 2.00 bits per heavy atom. The van der Waals surface area contributed by atoms with Crippen molar-refractivity contribution in [3.8, 4) is 0 Å². The number of likely N-dealkylation sites (tertiary alicyclic amines) is 1. The monoisotopic (exact) mass is 301 g/mol. The SMILES string of the molecule is CCN1CCC[C@@]2(C)C[C@](c3ccccc3)(CCC2O)C1=O. The Labute approximate surface area is 133 Å². The highest BCUT2D eigenvalue weighted by Crippen LogP contribution is 2.52. The number of fused-ring (bicyclic) bond motifs is 2. The Kier molecular flexibility index (Phi) is 4.02. The van der Waals surface area contributed by atoms with Crippen LogP contribution >= 0.6 is 0 Å². The number of rotatable bonds is 2. The fourth-order valence-electron chi connectivity index (χ4n) is 4.57. The van der Waals surface area contributed by atoms with Crippen molar-refractivity contribution in [3.05, 3.63) is 35.9 Å². The quantitative estimate of drug-likeness (QED) is 0.912. The van der Waals surface area contributed by atoms with Gasteiger partial charge in [0.15, 0.2) is 0 Å². The van der Waals surface area contributed by atoms with E-state index in [0.29, 0.717) is 6.42 Å². The van der Waals surface area contributed by atoms with Crippen LogP contribution in [0.4, 0.5) is 0 Å². The first kappa shape index (κ1) is 15.5. The van der Waals surface area contributed by atoms with E-state index in [1.54, 1.807) is 0 Å². The van der Waals surface area contributed by atoms with Crippen LogP contribution in [0.15, 0.2) is 30.3 Å². The largest absolute Gasteiger partial charge is 0.393 e. The van der Waals surface area contributed by atoms with E-state index in [9.17, 15) is 9.90 Å². The molecular weight excluding hydrogens is 274 g/mol. The van der Waals surface area contributed by atoms with Crippen molar-refractivity contribution in [3.63, 3.8) is 0 Å². The summed E-state index contributed by atoms with van der Waals surface area (Å²) in [4.78, 5) is 15.4. The van der Waals surface area contributed by atoms with E-state index in [-0.39, 0.29) is 17.4 Å². The molecule has 1 unspecified atom stereocenters. The van der Waals surface area contributed by atoms with Gasteiger partial charge in [-0.1, -0.05) is 37.3 Å². The molecule has 2 aliphatic rings. The minimum Gasteiger partial charge on any atom is -0.393 e. The number of likely N-dealkylation sites (N-methyl/N-ethyl adjacent to an activating group) is 1. The van der Waals surface area contributed by atoms with E-state index in [1.807, 2.05) is 23.1 Å². The van der Waals surface area contributed by atoms with Gasteiger partial charge in [0.05, 0.1) is 11.5 Å². The van der Waals surface area contributed by atoms with Crippen LogP contribution in [-0.4, -0.2) is 35.1 Å². The van der Waals surface area contributed by atoms with Crippen LogP contribution in [0.1, 0.15) is 51.5 Å². The number of nitrogens with zero attached hydrogens (tertiary/aromatic N) is 1. The predicted octanol–water partition coefficient (Wildman–Crippen LogP) is 3.12. The molecule has 0 aromatic heterocycles. The molecule has 3 rings (SSSR count). The third kappa shape index (κ3) is 2.36. The molecule has 1 aromatic carbocycles. The minimum atomic E-state index is -0.453. The maximum atomic E-state index is 13.4. The van der Waals surface area contributed by atoms with Crippen LogP contribution in [0, 0.1) is 5.41 Å². The van der Waals surface area contributed by atoms with Crippen LogP contribution in [0.2, 0.25) is 0 Å². The molecule has 0 spiro atoms. The summed E-state index contributed by atoms with van der Waals surface area (Å²) in [7, 11) is 0. The summed E-state index contributed by atoms with van der Waals surface area (Å²) >= 11 is 0. The summed E-state index contributed by atoms with van der Waals surface area (Å²) in [5.41, 5.74) is 0.522. The Morgan fingerprint density at radius 3 is 2.68 bits per heavy atom. The van der Waals surface area contributed by atoms with Crippen LogP contribution in [0.25, 0.3) is 0 Å². The number of carbonyl (C=O) groups excluding carboxylic acids is 1. The van der Waals surface area contributed by atoms with Gasteiger partial charge >= 0.3 is 0 Å². The Balaban J connectivity index is 2.09. The fraction of sp³-hybridized carbons (Fsp3) is 0.632. The molecule has 1 saturated heterocycles. The van der Waals surface area contributed by atoms with Gasteiger partial charge in [0.2, 0.25) is 5.91 Å². The van der Waals surface area contributed by atoms with Gasteiger partial charge in [0, 0.05) is 13.1 Å². The van der Waals surface area contributed by atoms with Gasteiger partial charge in [-0.3, -0.25) is 4.79 Å². The molecule has 1 N–H and O–H groups in total. The predicted molar refractivity (Wildman–Crippen MR) is 87.6 cm³/mol. The number of hydrogen-bond acceptors (Lipinski definition) is 2. The van der Waals surface area contributed by atoms with Gasteiger partial charge in [0.25, 0.3) is 0 Å². The molecule has 1 saturated carbocycles. The summed E-state index contributed by atoms with van der Waals surface area (Å²) < 4.78 is 0. The van der Waals surface area contributed by atoms with E-state index in [4.69, 9.17) is 0 Å². The number of amides is 1. The van der Waals surface area contributed by atoms with E-state index < -0.39 is 5.41 Å². The fourth-order valence-corrected chi connectivity index (χ4v) is 4.57. The number of hydrogen-bond donors (Lipinski definition) is 1. The second kappa shape index (κ2) is 5.69. The lowest BCUT2D eigenvalue weighted by Gasteiger charge is -2.51. The van der Waals surface area contributed by atoms with Gasteiger partial charge in [-0.05, 0) is 50.0 Å². The lowest BCUT2D eigenvalue weighted by molar-refractivity contribution is -0.146. The van der Waals surface area contributed by atoms with Gasteiger partial charge in [-0.25, -0.2) is 0 Å². The lowest BCUT2D eigenvalue weighted by Crippen LogP contribution is -2.56. The standard InChI is InChI=1S/C19H27NO2/c1-3-20-13-7-11-18(2)14-19(17(20)22,12-10-16(18)21)15-8-5-4-6-9-15/h4-6,8-9,16,21H,3,7,10-14H2,1-2H3/t16?,18-,19-/m0/s1. The summed E-state index contributed by atoms with van der Waals surface area (Å²) in [5.74, 6) is 0.263. The van der Waals surface area contributed by atoms with Crippen LogP contribution in [0.3, 0.4) is 0 Å². The number of aliphatic hydroxyl groups excluding tert-OH is 1. The highest BCUT2D eigenvalue weighted by Gasteiger charge is 2.53. The van der Waals surface area contributed by atoms with Crippen LogP contribution in [-0.2, 0) is 10.2 Å². The molecule has 1 aliphatic carbocycles. The van der Waals surface area contributed by atoms with Crippen molar-refractivity contribution < 1.29 is 9.90 Å². The third-order valence-corrected chi connectivity index (χ3v) is 5.94. The number of carbonyl (C=O) groups is 1. The third-order valence-electron chi connectivity index (χ3n) is 5.94. The lowest BCUT2D eigenvalue weighted by atomic mass is 9.56. The van der Waals surface area contributed by atoms with Crippen molar-refractivity contribution in [1.29, 1.82) is 0 Å². The highest BCUT2D eigenvalue weighted by atomic mass is 16.3. The molecular formula is C19H27NO2. The van der Waals surface area contributed by atoms with E-state index in [0.717, 1.165) is 44.3 Å². The molecule has 1 amide bonds. The smallest absolute Gasteiger partial charge is 0.233 e. The first-order valence-corrected chi connectivity index (χ1v) is 8.55. The summed E-state index contributed by atoms with van der Waals surface area (Å²) in [5, 5.41) is 10.5. The molecule has 22 heavy (non-hydrogen) atoms. The van der Waals surface area contributed by atoms with Crippen molar-refractivity contribution in [2.24, 2.45) is 5.41 Å². The molecule has 2 bridgehead atoms. The van der Waals surface area contributed by atoms with Crippen molar-refractivity contribution in [2.75, 3.05) is 13.1 Å². The van der Waals surface area contributed by atoms with Gasteiger partial charge in [-0.15, -0.1) is 0 Å². The number of aliphatic hydroxyl groups is 1. The summed E-state index contributed by atoms with van der Waals surface area (Å²) in [6, 6.07) is 10.2. The Hall–Kier alpha value is -1.35. The molecule has 3 heteroatoms. The zero-order valence-corrected chi connectivity index (χ0v) is 13.7. The van der Waals surface area contributed by atoms with Gasteiger partial charge < -0.3 is 10.0 Å². The minimum absolute atomic E-state index is 0.149. The molecule has 120 valence electrons. The topological polar surface area (TPSA) is 40.5 Å². The first-order chi connectivity index (χ1) is 10.5. The molecule has 0 radical (unpaired) electrons. The van der Waals surface area contributed by atoms with Gasteiger partial charge in [0.1, 0.15) is 0 Å². The highest BCUT2D eigenvalue weighted by molar-refractivity contribution is 5.88. The van der Waals surface area contributed by atoms with Crippen molar-refractivity contribution in [1.82, 2.24) is 4.90 Å². The second-order valence-electron chi connectivity index (χ2n) is 7.32. The van der Waals surface area contributed by atoms with E-state index in [2.05, 4.69) is 26.0 Å². The molecule has 3 atom stereocenters. The molecule has 3 nitrogen and oxygen atoms in total. The number of benzene rings is 1. The average Bonchev–Trinajstić information content (AvgIpc) is 2.54. The Morgan fingerprint density at radius 1 is 1.27 bits per heavy atom. The van der Waals surface area contributed by atoms with E-state index in [1.165, 1.54) is 0 Å². The summed E-state index contributed by atoms with van der Waals surface area (Å²) in [6.07, 6.45) is 3.92. The molecule has 1 heterocycles. The maximum absolute atomic E-state index is 13.4. The van der Waals surface area contributed by atoms with E-state index >= 15 is 0 Å². The zero-order chi connectivity index (χ0) is 15.8. The molecule has 1 aliphatic heterocycles. The maximum Gasteiger partial charge on any atom is 0.233 e. The average molecular weight is 301 g/mol. The summed E-state index contributed by atoms with van der Waals surface area (Å²) in [6.45, 7) is 5.82.